The van der Waals surface area contributed by atoms with Crippen LogP contribution in [0.3, 0.4) is 0 Å². The Morgan fingerprint density at radius 3 is 2.46 bits per heavy atom. The lowest BCUT2D eigenvalue weighted by molar-refractivity contribution is -0.132. The van der Waals surface area contributed by atoms with Gasteiger partial charge in [0.25, 0.3) is 11.8 Å². The summed E-state index contributed by atoms with van der Waals surface area (Å²) in [5.41, 5.74) is 7.64. The number of carbonyl (C=O) groups is 2. The van der Waals surface area contributed by atoms with Crippen molar-refractivity contribution in [3.05, 3.63) is 41.5 Å². The van der Waals surface area contributed by atoms with E-state index in [0.29, 0.717) is 5.56 Å². The first kappa shape index (κ1) is 19.4. The monoisotopic (exact) mass is 329 g/mol. The maximum atomic E-state index is 12.3. The Bertz CT molecular complexity index is 661. The third-order valence-corrected chi connectivity index (χ3v) is 3.20. The van der Waals surface area contributed by atoms with Crippen LogP contribution in [-0.2, 0) is 4.79 Å². The Morgan fingerprint density at radius 1 is 1.33 bits per heavy atom. The average molecular weight is 329 g/mol. The van der Waals surface area contributed by atoms with Crippen LogP contribution in [0.5, 0.6) is 0 Å². The maximum Gasteiger partial charge on any atom is 0.267 e. The molecule has 0 aliphatic rings. The fraction of sp³-hybridized carbons (Fsp3) is 0.333. The molecule has 2 amide bonds. The second kappa shape index (κ2) is 8.87. The van der Waals surface area contributed by atoms with Gasteiger partial charge in [0.15, 0.2) is 0 Å². The summed E-state index contributed by atoms with van der Waals surface area (Å²) in [6.07, 6.45) is 4.38. The van der Waals surface area contributed by atoms with Gasteiger partial charge in [0.05, 0.1) is 0 Å². The zero-order chi connectivity index (χ0) is 18.2. The second-order valence-electron chi connectivity index (χ2n) is 5.83. The van der Waals surface area contributed by atoms with E-state index in [0.717, 1.165) is 12.0 Å². The van der Waals surface area contributed by atoms with Crippen molar-refractivity contribution in [3.8, 4) is 11.8 Å². The van der Waals surface area contributed by atoms with Crippen LogP contribution in [0, 0.1) is 11.8 Å². The van der Waals surface area contributed by atoms with Crippen molar-refractivity contribution >= 4 is 17.9 Å². The lowest BCUT2D eigenvalue weighted by Crippen LogP contribution is -2.61. The van der Waals surface area contributed by atoms with Crippen molar-refractivity contribution in [2.45, 2.75) is 38.8 Å². The third kappa shape index (κ3) is 5.88. The summed E-state index contributed by atoms with van der Waals surface area (Å²) in [5, 5.41) is 11.3. The normalized spacial score (nSPS) is 12.2. The molecular formula is C18H23N3O3. The highest BCUT2D eigenvalue weighted by molar-refractivity contribution is 5.98. The molecule has 1 aromatic carbocycles. The van der Waals surface area contributed by atoms with Gasteiger partial charge in [-0.25, -0.2) is 5.48 Å². The molecule has 0 aromatic heterocycles. The van der Waals surface area contributed by atoms with Gasteiger partial charge in [-0.3, -0.25) is 14.8 Å². The molecule has 1 aromatic rings. The van der Waals surface area contributed by atoms with Crippen LogP contribution < -0.4 is 16.5 Å². The number of carbonyl (C=O) groups excluding carboxylic acids is 2. The number of rotatable bonds is 5. The van der Waals surface area contributed by atoms with Crippen molar-refractivity contribution < 1.29 is 14.8 Å². The number of hydroxylamine groups is 1. The third-order valence-electron chi connectivity index (χ3n) is 3.20. The molecule has 0 aliphatic carbocycles. The molecule has 0 aliphatic heterocycles. The van der Waals surface area contributed by atoms with E-state index in [-0.39, 0.29) is 0 Å². The fourth-order valence-corrected chi connectivity index (χ4v) is 1.91. The highest BCUT2D eigenvalue weighted by atomic mass is 16.5. The van der Waals surface area contributed by atoms with Gasteiger partial charge in [-0.05, 0) is 43.7 Å². The van der Waals surface area contributed by atoms with Gasteiger partial charge in [-0.15, -0.1) is 0 Å². The van der Waals surface area contributed by atoms with Gasteiger partial charge in [-0.1, -0.05) is 30.9 Å². The van der Waals surface area contributed by atoms with E-state index < -0.39 is 23.4 Å². The summed E-state index contributed by atoms with van der Waals surface area (Å²) in [5.74, 6) is 4.59. The molecule has 0 saturated carbocycles. The van der Waals surface area contributed by atoms with Gasteiger partial charge in [0.1, 0.15) is 6.04 Å². The van der Waals surface area contributed by atoms with Gasteiger partial charge in [0, 0.05) is 17.5 Å². The number of amides is 2. The predicted octanol–water partition coefficient (Wildman–Crippen LogP) is 1.45. The highest BCUT2D eigenvalue weighted by Crippen LogP contribution is 2.10. The minimum Gasteiger partial charge on any atom is -0.338 e. The van der Waals surface area contributed by atoms with Crippen molar-refractivity contribution in [1.29, 1.82) is 0 Å². The summed E-state index contributed by atoms with van der Waals surface area (Å²) in [7, 11) is 0. The Morgan fingerprint density at radius 2 is 1.96 bits per heavy atom. The summed E-state index contributed by atoms with van der Waals surface area (Å²) < 4.78 is 0. The van der Waals surface area contributed by atoms with Crippen LogP contribution in [-0.4, -0.2) is 28.6 Å². The molecule has 0 heterocycles. The Labute approximate surface area is 142 Å². The van der Waals surface area contributed by atoms with Crippen molar-refractivity contribution in [3.63, 3.8) is 0 Å². The minimum atomic E-state index is -1.07. The Hall–Kier alpha value is -2.62. The van der Waals surface area contributed by atoms with Crippen molar-refractivity contribution in [1.82, 2.24) is 10.8 Å². The number of benzene rings is 1. The van der Waals surface area contributed by atoms with Crippen LogP contribution in [0.1, 0.15) is 43.1 Å². The Balaban J connectivity index is 2.84. The van der Waals surface area contributed by atoms with Crippen LogP contribution in [0.25, 0.3) is 6.08 Å². The molecule has 24 heavy (non-hydrogen) atoms. The first-order chi connectivity index (χ1) is 11.3. The van der Waals surface area contributed by atoms with Crippen molar-refractivity contribution in [2.75, 3.05) is 0 Å². The molecule has 128 valence electrons. The van der Waals surface area contributed by atoms with E-state index in [4.69, 9.17) is 10.9 Å². The minimum absolute atomic E-state index is 0.381. The molecule has 0 spiro atoms. The maximum absolute atomic E-state index is 12.3. The van der Waals surface area contributed by atoms with E-state index in [1.807, 2.05) is 13.0 Å². The second-order valence-corrected chi connectivity index (χ2v) is 5.83. The van der Waals surface area contributed by atoms with Gasteiger partial charge in [-0.2, -0.15) is 0 Å². The molecule has 0 radical (unpaired) electrons. The van der Waals surface area contributed by atoms with Crippen molar-refractivity contribution in [2.24, 2.45) is 5.73 Å². The number of nitrogens with two attached hydrogens (primary N) is 1. The molecule has 1 rings (SSSR count). The van der Waals surface area contributed by atoms with Crippen LogP contribution in [0.15, 0.2) is 30.3 Å². The van der Waals surface area contributed by atoms with Crippen LogP contribution in [0.2, 0.25) is 0 Å². The van der Waals surface area contributed by atoms with E-state index in [2.05, 4.69) is 17.2 Å². The SMILES string of the molecule is CCC#C/C=C/c1ccc(C(=O)N[C@H](C(=O)NO)C(C)(C)N)cc1. The predicted molar refractivity (Wildman–Crippen MR) is 93.0 cm³/mol. The van der Waals surface area contributed by atoms with Crippen LogP contribution >= 0.6 is 0 Å². The molecule has 0 fully saturated rings. The summed E-state index contributed by atoms with van der Waals surface area (Å²) >= 11 is 0. The average Bonchev–Trinajstić information content (AvgIpc) is 2.55. The van der Waals surface area contributed by atoms with Gasteiger partial charge >= 0.3 is 0 Å². The van der Waals surface area contributed by atoms with E-state index >= 15 is 0 Å². The number of hydrogen-bond donors (Lipinski definition) is 4. The molecule has 6 nitrogen and oxygen atoms in total. The Kier molecular flexibility index (Phi) is 7.18. The zero-order valence-electron chi connectivity index (χ0n) is 14.1. The summed E-state index contributed by atoms with van der Waals surface area (Å²) in [6, 6.07) is 5.75. The molecule has 0 bridgehead atoms. The molecule has 0 saturated heterocycles. The van der Waals surface area contributed by atoms with Crippen LogP contribution in [0.4, 0.5) is 0 Å². The molecule has 5 N–H and O–H groups in total. The van der Waals surface area contributed by atoms with E-state index in [1.54, 1.807) is 44.2 Å². The summed E-state index contributed by atoms with van der Waals surface area (Å²) in [4.78, 5) is 23.9. The quantitative estimate of drug-likeness (QED) is 0.373. The fourth-order valence-electron chi connectivity index (χ4n) is 1.91. The smallest absolute Gasteiger partial charge is 0.267 e. The largest absolute Gasteiger partial charge is 0.338 e. The first-order valence-corrected chi connectivity index (χ1v) is 7.58. The number of nitrogens with one attached hydrogen (secondary N) is 2. The molecular weight excluding hydrogens is 306 g/mol. The highest BCUT2D eigenvalue weighted by Gasteiger charge is 2.33. The van der Waals surface area contributed by atoms with Gasteiger partial charge in [0.2, 0.25) is 0 Å². The zero-order valence-corrected chi connectivity index (χ0v) is 14.1. The molecule has 6 heteroatoms. The topological polar surface area (TPSA) is 104 Å². The number of hydrogen-bond acceptors (Lipinski definition) is 4. The van der Waals surface area contributed by atoms with E-state index in [9.17, 15) is 9.59 Å². The lowest BCUT2D eigenvalue weighted by Gasteiger charge is -2.29. The van der Waals surface area contributed by atoms with E-state index in [1.165, 1.54) is 5.48 Å². The summed E-state index contributed by atoms with van der Waals surface area (Å²) in [6.45, 7) is 5.14. The standard InChI is InChI=1S/C18H23N3O3/c1-4-5-6-7-8-13-9-11-14(12-10-13)16(22)20-15(17(23)21-24)18(2,3)19/h7-12,15,24H,4,19H2,1-3H3,(H,20,22)(H,21,23)/b8-7+/t15-/m1/s1. The first-order valence-electron chi connectivity index (χ1n) is 7.58. The molecule has 0 unspecified atom stereocenters. The lowest BCUT2D eigenvalue weighted by atomic mass is 9.95. The molecule has 1 atom stereocenters. The van der Waals surface area contributed by atoms with Gasteiger partial charge < -0.3 is 11.1 Å². The number of allylic oxidation sites excluding steroid dienone is 1.